The number of benzene rings is 2. The lowest BCUT2D eigenvalue weighted by atomic mass is 10.0. The summed E-state index contributed by atoms with van der Waals surface area (Å²) in [6.45, 7) is 2.98. The van der Waals surface area contributed by atoms with Crippen molar-refractivity contribution in [3.63, 3.8) is 0 Å². The van der Waals surface area contributed by atoms with Crippen LogP contribution in [0.1, 0.15) is 55.8 Å². The number of hydrogen-bond donors (Lipinski definition) is 0. The molecular weight excluding hydrogens is 300 g/mol. The van der Waals surface area contributed by atoms with E-state index in [4.69, 9.17) is 4.74 Å². The molecule has 0 aliphatic rings. The molecule has 0 saturated carbocycles. The van der Waals surface area contributed by atoms with Gasteiger partial charge in [0.15, 0.2) is 0 Å². The molecule has 0 radical (unpaired) electrons. The highest BCUT2D eigenvalue weighted by atomic mass is 16.5. The molecule has 128 valence electrons. The first-order valence-electron chi connectivity index (χ1n) is 8.75. The lowest BCUT2D eigenvalue weighted by molar-refractivity contribution is -0.255. The minimum atomic E-state index is -1.15. The van der Waals surface area contributed by atoms with Crippen LogP contribution in [0, 0.1) is 0 Å². The first-order valence-corrected chi connectivity index (χ1v) is 8.75. The molecule has 0 aliphatic heterocycles. The number of carbonyl (C=O) groups excluding carboxylic acids is 1. The van der Waals surface area contributed by atoms with Crippen LogP contribution < -0.4 is 9.84 Å². The number of carboxylic acid groups (broad SMARTS) is 1. The van der Waals surface area contributed by atoms with Crippen molar-refractivity contribution in [2.24, 2.45) is 0 Å². The van der Waals surface area contributed by atoms with Crippen molar-refractivity contribution in [1.29, 1.82) is 0 Å². The average Bonchev–Trinajstić information content (AvgIpc) is 2.61. The molecule has 2 aromatic carbocycles. The molecule has 0 aromatic heterocycles. The van der Waals surface area contributed by atoms with Crippen LogP contribution in [0.2, 0.25) is 0 Å². The summed E-state index contributed by atoms with van der Waals surface area (Å²) in [5.41, 5.74) is 2.20. The predicted octanol–water partition coefficient (Wildman–Crippen LogP) is 4.46. The molecule has 3 heteroatoms. The van der Waals surface area contributed by atoms with Gasteiger partial charge in [-0.3, -0.25) is 0 Å². The molecule has 0 heterocycles. The Balaban J connectivity index is 1.79. The third-order valence-corrected chi connectivity index (χ3v) is 4.07. The molecule has 0 aliphatic carbocycles. The van der Waals surface area contributed by atoms with E-state index in [1.165, 1.54) is 32.1 Å². The van der Waals surface area contributed by atoms with Crippen LogP contribution in [0.3, 0.4) is 0 Å². The fourth-order valence-corrected chi connectivity index (χ4v) is 2.61. The van der Waals surface area contributed by atoms with E-state index in [0.29, 0.717) is 0 Å². The molecular formula is C21H25O3-. The molecule has 0 unspecified atom stereocenters. The molecule has 0 spiro atoms. The fourth-order valence-electron chi connectivity index (χ4n) is 2.61. The molecule has 2 rings (SSSR count). The minimum absolute atomic E-state index is 0.192. The SMILES string of the molecule is CCCCCCCCOc1ccc(-c2ccc(C(=O)[O-])cc2)cc1. The Morgan fingerprint density at radius 1 is 0.833 bits per heavy atom. The largest absolute Gasteiger partial charge is 0.545 e. The van der Waals surface area contributed by atoms with Gasteiger partial charge in [0.2, 0.25) is 0 Å². The summed E-state index contributed by atoms with van der Waals surface area (Å²) in [5, 5.41) is 10.8. The monoisotopic (exact) mass is 325 g/mol. The molecule has 0 atom stereocenters. The van der Waals surface area contributed by atoms with Crippen LogP contribution in [-0.2, 0) is 0 Å². The van der Waals surface area contributed by atoms with E-state index in [1.54, 1.807) is 24.3 Å². The number of carboxylic acids is 1. The number of carbonyl (C=O) groups is 1. The topological polar surface area (TPSA) is 49.4 Å². The van der Waals surface area contributed by atoms with Crippen LogP contribution in [0.25, 0.3) is 11.1 Å². The van der Waals surface area contributed by atoms with Crippen molar-refractivity contribution >= 4 is 5.97 Å². The van der Waals surface area contributed by atoms with Crippen molar-refractivity contribution in [1.82, 2.24) is 0 Å². The number of aromatic carboxylic acids is 1. The number of unbranched alkanes of at least 4 members (excludes halogenated alkanes) is 5. The molecule has 24 heavy (non-hydrogen) atoms. The second kappa shape index (κ2) is 9.76. The zero-order valence-electron chi connectivity index (χ0n) is 14.3. The lowest BCUT2D eigenvalue weighted by Gasteiger charge is -2.08. The highest BCUT2D eigenvalue weighted by molar-refractivity contribution is 5.86. The van der Waals surface area contributed by atoms with Gasteiger partial charge in [-0.15, -0.1) is 0 Å². The van der Waals surface area contributed by atoms with E-state index in [9.17, 15) is 9.90 Å². The van der Waals surface area contributed by atoms with Crippen LogP contribution in [0.5, 0.6) is 5.75 Å². The predicted molar refractivity (Wildman–Crippen MR) is 95.1 cm³/mol. The van der Waals surface area contributed by atoms with Gasteiger partial charge in [0.25, 0.3) is 0 Å². The van der Waals surface area contributed by atoms with Gasteiger partial charge in [0.05, 0.1) is 12.6 Å². The van der Waals surface area contributed by atoms with Crippen molar-refractivity contribution in [3.8, 4) is 16.9 Å². The van der Waals surface area contributed by atoms with Gasteiger partial charge in [-0.2, -0.15) is 0 Å². The van der Waals surface area contributed by atoms with Crippen molar-refractivity contribution in [2.45, 2.75) is 45.4 Å². The van der Waals surface area contributed by atoms with Crippen LogP contribution in [0.15, 0.2) is 48.5 Å². The van der Waals surface area contributed by atoms with Gasteiger partial charge in [-0.05, 0) is 35.2 Å². The molecule has 0 saturated heterocycles. The maximum absolute atomic E-state index is 10.8. The van der Waals surface area contributed by atoms with E-state index in [1.807, 2.05) is 24.3 Å². The minimum Gasteiger partial charge on any atom is -0.545 e. The second-order valence-electron chi connectivity index (χ2n) is 6.01. The maximum atomic E-state index is 10.8. The summed E-state index contributed by atoms with van der Waals surface area (Å²) >= 11 is 0. The Morgan fingerprint density at radius 3 is 1.96 bits per heavy atom. The second-order valence-corrected chi connectivity index (χ2v) is 6.01. The van der Waals surface area contributed by atoms with E-state index in [2.05, 4.69) is 6.92 Å². The highest BCUT2D eigenvalue weighted by Crippen LogP contribution is 2.23. The zero-order valence-corrected chi connectivity index (χ0v) is 14.3. The summed E-state index contributed by atoms with van der Waals surface area (Å²) in [6, 6.07) is 14.6. The quantitative estimate of drug-likeness (QED) is 0.606. The van der Waals surface area contributed by atoms with Gasteiger partial charge in [0.1, 0.15) is 5.75 Å². The number of hydrogen-bond acceptors (Lipinski definition) is 3. The molecule has 0 fully saturated rings. The smallest absolute Gasteiger partial charge is 0.119 e. The van der Waals surface area contributed by atoms with E-state index >= 15 is 0 Å². The Labute approximate surface area is 144 Å². The van der Waals surface area contributed by atoms with Gasteiger partial charge in [-0.25, -0.2) is 0 Å². The van der Waals surface area contributed by atoms with Gasteiger partial charge in [0, 0.05) is 0 Å². The third-order valence-electron chi connectivity index (χ3n) is 4.07. The normalized spacial score (nSPS) is 10.5. The Hall–Kier alpha value is -2.29. The van der Waals surface area contributed by atoms with E-state index < -0.39 is 5.97 Å². The first-order chi connectivity index (χ1) is 11.7. The van der Waals surface area contributed by atoms with Crippen LogP contribution in [-0.4, -0.2) is 12.6 Å². The molecule has 0 bridgehead atoms. The van der Waals surface area contributed by atoms with Crippen molar-refractivity contribution in [2.75, 3.05) is 6.61 Å². The summed E-state index contributed by atoms with van der Waals surface area (Å²) in [6.07, 6.45) is 7.53. The number of rotatable bonds is 10. The average molecular weight is 325 g/mol. The summed E-state index contributed by atoms with van der Waals surface area (Å²) in [7, 11) is 0. The summed E-state index contributed by atoms with van der Waals surface area (Å²) < 4.78 is 5.77. The van der Waals surface area contributed by atoms with Crippen LogP contribution >= 0.6 is 0 Å². The van der Waals surface area contributed by atoms with E-state index in [-0.39, 0.29) is 5.56 Å². The third kappa shape index (κ3) is 5.73. The van der Waals surface area contributed by atoms with Crippen molar-refractivity contribution < 1.29 is 14.6 Å². The van der Waals surface area contributed by atoms with Gasteiger partial charge < -0.3 is 14.6 Å². The van der Waals surface area contributed by atoms with Crippen molar-refractivity contribution in [3.05, 3.63) is 54.1 Å². The number of ether oxygens (including phenoxy) is 1. The molecule has 2 aromatic rings. The summed E-state index contributed by atoms with van der Waals surface area (Å²) in [4.78, 5) is 10.8. The highest BCUT2D eigenvalue weighted by Gasteiger charge is 2.00. The Morgan fingerprint density at radius 2 is 1.38 bits per heavy atom. The Bertz CT molecular complexity index is 615. The molecule has 0 amide bonds. The molecule has 3 nitrogen and oxygen atoms in total. The standard InChI is InChI=1S/C21H26O3/c1-2-3-4-5-6-7-16-24-20-14-12-18(13-15-20)17-8-10-19(11-9-17)21(22)23/h8-15H,2-7,16H2,1H3,(H,22,23)/p-1. The Kier molecular flexibility index (Phi) is 7.34. The zero-order chi connectivity index (χ0) is 17.2. The maximum Gasteiger partial charge on any atom is 0.119 e. The van der Waals surface area contributed by atoms with Gasteiger partial charge >= 0.3 is 0 Å². The first kappa shape index (κ1) is 18.1. The summed E-state index contributed by atoms with van der Waals surface area (Å²) in [5.74, 6) is -0.279. The molecule has 0 N–H and O–H groups in total. The van der Waals surface area contributed by atoms with E-state index in [0.717, 1.165) is 29.9 Å². The fraction of sp³-hybridized carbons (Fsp3) is 0.381. The van der Waals surface area contributed by atoms with Crippen LogP contribution in [0.4, 0.5) is 0 Å². The lowest BCUT2D eigenvalue weighted by Crippen LogP contribution is -2.21. The van der Waals surface area contributed by atoms with Gasteiger partial charge in [-0.1, -0.05) is 75.4 Å².